The van der Waals surface area contributed by atoms with Crippen molar-refractivity contribution in [1.82, 2.24) is 10.3 Å². The molecule has 1 fully saturated rings. The number of hydrogen-bond donors (Lipinski definition) is 2. The van der Waals surface area contributed by atoms with Crippen LogP contribution in [0.4, 0.5) is 5.69 Å². The highest BCUT2D eigenvalue weighted by Crippen LogP contribution is 2.58. The average molecular weight is 639 g/mol. The van der Waals surface area contributed by atoms with Crippen LogP contribution < -0.4 is 15.4 Å². The molecule has 3 heterocycles. The van der Waals surface area contributed by atoms with Gasteiger partial charge in [0.2, 0.25) is 11.8 Å². The van der Waals surface area contributed by atoms with Crippen molar-refractivity contribution in [3.63, 3.8) is 0 Å². The first-order chi connectivity index (χ1) is 19.1. The molecule has 40 heavy (non-hydrogen) atoms. The smallest absolute Gasteiger partial charge is 0.237 e. The van der Waals surface area contributed by atoms with E-state index in [1.54, 1.807) is 12.1 Å². The number of allylic oxidation sites excluding steroid dienone is 4. The molecule has 1 unspecified atom stereocenters. The molecule has 2 aliphatic heterocycles. The van der Waals surface area contributed by atoms with E-state index in [0.717, 1.165) is 21.4 Å². The lowest BCUT2D eigenvalue weighted by Gasteiger charge is -2.49. The van der Waals surface area contributed by atoms with Crippen LogP contribution in [0.3, 0.4) is 0 Å². The number of aromatic nitrogens is 1. The lowest BCUT2D eigenvalue weighted by Crippen LogP contribution is -2.59. The van der Waals surface area contributed by atoms with Crippen molar-refractivity contribution in [2.75, 3.05) is 5.32 Å². The van der Waals surface area contributed by atoms with E-state index in [9.17, 15) is 9.59 Å². The van der Waals surface area contributed by atoms with Gasteiger partial charge in [-0.2, -0.15) is 0 Å². The molecule has 0 saturated carbocycles. The number of fused-ring (bicyclic) bond motifs is 2. The van der Waals surface area contributed by atoms with Gasteiger partial charge in [-0.05, 0) is 74.1 Å². The Morgan fingerprint density at radius 3 is 2.55 bits per heavy atom. The van der Waals surface area contributed by atoms with E-state index < -0.39 is 11.5 Å². The van der Waals surface area contributed by atoms with Gasteiger partial charge in [-0.15, -0.1) is 0 Å². The van der Waals surface area contributed by atoms with Crippen LogP contribution in [0.25, 0.3) is 0 Å². The molecular formula is C31H26BrCl2N3O3. The fraction of sp³-hybridized carbons (Fsp3) is 0.258. The predicted octanol–water partition coefficient (Wildman–Crippen LogP) is 7.67. The van der Waals surface area contributed by atoms with Crippen molar-refractivity contribution in [2.45, 2.75) is 38.1 Å². The Kier molecular flexibility index (Phi) is 7.01. The molecule has 1 aromatic heterocycles. The van der Waals surface area contributed by atoms with Gasteiger partial charge in [0.05, 0.1) is 6.04 Å². The van der Waals surface area contributed by atoms with E-state index >= 15 is 0 Å². The topological polar surface area (TPSA) is 80.3 Å². The molecule has 9 heteroatoms. The van der Waals surface area contributed by atoms with Crippen molar-refractivity contribution in [3.05, 3.63) is 104 Å². The van der Waals surface area contributed by atoms with Crippen LogP contribution in [0.5, 0.6) is 11.5 Å². The largest absolute Gasteiger partial charge is 0.457 e. The first-order valence-corrected chi connectivity index (χ1v) is 14.6. The van der Waals surface area contributed by atoms with Crippen molar-refractivity contribution >= 4 is 56.6 Å². The van der Waals surface area contributed by atoms with Gasteiger partial charge in [0.15, 0.2) is 0 Å². The Morgan fingerprint density at radius 2 is 1.80 bits per heavy atom. The number of rotatable bonds is 4. The monoisotopic (exact) mass is 637 g/mol. The van der Waals surface area contributed by atoms with Crippen LogP contribution in [0.2, 0.25) is 5.02 Å². The molecule has 1 spiro atoms. The zero-order valence-corrected chi connectivity index (χ0v) is 24.9. The Balaban J connectivity index is 1.57. The summed E-state index contributed by atoms with van der Waals surface area (Å²) in [4.78, 5) is 32.2. The Hall–Kier alpha value is -3.13. The average Bonchev–Trinajstić information content (AvgIpc) is 3.16. The summed E-state index contributed by atoms with van der Waals surface area (Å²) in [7, 11) is 0. The quantitative estimate of drug-likeness (QED) is 0.307. The van der Waals surface area contributed by atoms with Gasteiger partial charge >= 0.3 is 0 Å². The van der Waals surface area contributed by atoms with Crippen molar-refractivity contribution < 1.29 is 14.3 Å². The number of carbonyl (C=O) groups excluding carboxylic acids is 2. The lowest BCUT2D eigenvalue weighted by atomic mass is 9.57. The van der Waals surface area contributed by atoms with Gasteiger partial charge < -0.3 is 15.4 Å². The van der Waals surface area contributed by atoms with Crippen LogP contribution in [-0.4, -0.2) is 16.8 Å². The van der Waals surface area contributed by atoms with Gasteiger partial charge in [0.1, 0.15) is 16.9 Å². The second-order valence-corrected chi connectivity index (χ2v) is 12.4. The van der Waals surface area contributed by atoms with E-state index in [1.165, 1.54) is 0 Å². The van der Waals surface area contributed by atoms with Gasteiger partial charge in [-0.25, -0.2) is 0 Å². The minimum Gasteiger partial charge on any atom is -0.457 e. The number of pyridine rings is 1. The number of amides is 2. The summed E-state index contributed by atoms with van der Waals surface area (Å²) in [5, 5.41) is 7.48. The molecule has 0 radical (unpaired) electrons. The number of anilines is 1. The summed E-state index contributed by atoms with van der Waals surface area (Å²) >= 11 is 16.5. The molecular weight excluding hydrogens is 613 g/mol. The number of carbonyl (C=O) groups is 2. The van der Waals surface area contributed by atoms with Crippen LogP contribution in [0.1, 0.15) is 41.4 Å². The van der Waals surface area contributed by atoms with Crippen molar-refractivity contribution in [3.8, 4) is 11.5 Å². The Labute approximate surface area is 250 Å². The molecule has 2 N–H and O–H groups in total. The van der Waals surface area contributed by atoms with E-state index in [4.69, 9.17) is 27.9 Å². The van der Waals surface area contributed by atoms with E-state index in [2.05, 4.69) is 37.6 Å². The lowest BCUT2D eigenvalue weighted by molar-refractivity contribution is -0.135. The zero-order valence-electron chi connectivity index (χ0n) is 21.8. The Bertz CT molecular complexity index is 1600. The third kappa shape index (κ3) is 4.64. The van der Waals surface area contributed by atoms with Crippen LogP contribution in [0, 0.1) is 25.7 Å². The van der Waals surface area contributed by atoms with Gasteiger partial charge in [0, 0.05) is 55.7 Å². The number of halogens is 3. The minimum atomic E-state index is -1.15. The van der Waals surface area contributed by atoms with E-state index in [1.807, 2.05) is 62.4 Å². The summed E-state index contributed by atoms with van der Waals surface area (Å²) in [5.74, 6) is 0.296. The third-order valence-corrected chi connectivity index (χ3v) is 8.96. The number of benzene rings is 2. The molecule has 0 bridgehead atoms. The Morgan fingerprint density at radius 1 is 1.02 bits per heavy atom. The molecule has 1 saturated heterocycles. The van der Waals surface area contributed by atoms with Crippen molar-refractivity contribution in [1.29, 1.82) is 0 Å². The highest BCUT2D eigenvalue weighted by molar-refractivity contribution is 9.10. The maximum Gasteiger partial charge on any atom is 0.237 e. The fourth-order valence-electron chi connectivity index (χ4n) is 6.46. The second kappa shape index (κ2) is 10.4. The fourth-order valence-corrected chi connectivity index (χ4v) is 7.27. The van der Waals surface area contributed by atoms with Gasteiger partial charge in [-0.3, -0.25) is 14.6 Å². The highest BCUT2D eigenvalue weighted by Gasteiger charge is 2.62. The molecule has 6 rings (SSSR count). The number of aryl methyl sites for hydroxylation is 2. The number of ether oxygens (including phenoxy) is 1. The molecule has 3 aromatic rings. The first kappa shape index (κ1) is 27.1. The second-order valence-electron chi connectivity index (χ2n) is 10.6. The summed E-state index contributed by atoms with van der Waals surface area (Å²) in [6, 6.07) is 14.1. The molecule has 3 aliphatic rings. The predicted molar refractivity (Wildman–Crippen MR) is 160 cm³/mol. The number of piperidine rings is 1. The first-order valence-electron chi connectivity index (χ1n) is 13.0. The number of hydrogen-bond acceptors (Lipinski definition) is 4. The molecule has 2 amide bonds. The maximum atomic E-state index is 14.4. The molecule has 2 aromatic carbocycles. The molecule has 204 valence electrons. The van der Waals surface area contributed by atoms with Gasteiger partial charge in [-0.1, -0.05) is 57.4 Å². The SMILES string of the molecule is Cc1cc(Oc2ccc(Br)cc2[C@@H]2NC(=O)C[C@@H](C3C=CC=C(Cl)C3)[C@]23C(=O)Nc2cc(Cl)ccc23)cc(C)n1. The zero-order chi connectivity index (χ0) is 28.2. The third-order valence-electron chi connectivity index (χ3n) is 7.95. The summed E-state index contributed by atoms with van der Waals surface area (Å²) in [6.45, 7) is 3.82. The summed E-state index contributed by atoms with van der Waals surface area (Å²) in [6.07, 6.45) is 6.52. The highest BCUT2D eigenvalue weighted by atomic mass is 79.9. The van der Waals surface area contributed by atoms with Crippen LogP contribution in [-0.2, 0) is 15.0 Å². The maximum absolute atomic E-state index is 14.4. The standard InChI is InChI=1S/C31H26BrCl2N3O3/c1-16-10-22(11-17(2)35-16)40-27-9-6-19(32)13-23(27)29-31(24-8-7-21(34)14-26(24)36-30(31)39)25(15-28(38)37-29)18-4-3-5-20(33)12-18/h3-11,13-14,18,25,29H,12,15H2,1-2H3,(H,36,39)(H,37,38)/t18?,25-,29-,31-/m0/s1. The van der Waals surface area contributed by atoms with Crippen molar-refractivity contribution in [2.24, 2.45) is 11.8 Å². The summed E-state index contributed by atoms with van der Waals surface area (Å²) < 4.78 is 7.24. The molecule has 4 atom stereocenters. The minimum absolute atomic E-state index is 0.138. The van der Waals surface area contributed by atoms with Crippen LogP contribution >= 0.6 is 39.1 Å². The van der Waals surface area contributed by atoms with Crippen LogP contribution in [0.15, 0.2) is 76.3 Å². The molecule has 1 aliphatic carbocycles. The number of nitrogens with zero attached hydrogens (tertiary/aromatic N) is 1. The summed E-state index contributed by atoms with van der Waals surface area (Å²) in [5.41, 5.74) is 2.61. The van der Waals surface area contributed by atoms with E-state index in [-0.39, 0.29) is 30.1 Å². The van der Waals surface area contributed by atoms with E-state index in [0.29, 0.717) is 39.2 Å². The number of nitrogens with one attached hydrogen (secondary N) is 2. The molecule has 6 nitrogen and oxygen atoms in total. The van der Waals surface area contributed by atoms with Gasteiger partial charge in [0.25, 0.3) is 0 Å². The normalized spacial score (nSPS) is 25.3.